The van der Waals surface area contributed by atoms with Crippen molar-refractivity contribution in [3.63, 3.8) is 0 Å². The van der Waals surface area contributed by atoms with Crippen molar-refractivity contribution in [1.82, 2.24) is 20.4 Å². The van der Waals surface area contributed by atoms with Gasteiger partial charge < -0.3 is 14.6 Å². The average Bonchev–Trinajstić information content (AvgIpc) is 3.42. The van der Waals surface area contributed by atoms with Crippen LogP contribution in [0.5, 0.6) is 0 Å². The summed E-state index contributed by atoms with van der Waals surface area (Å²) in [6, 6.07) is 26.0. The molecule has 0 saturated carbocycles. The second-order valence-corrected chi connectivity index (χ2v) is 9.22. The summed E-state index contributed by atoms with van der Waals surface area (Å²) in [5, 5.41) is 11.5. The molecule has 1 N–H and O–H groups in total. The van der Waals surface area contributed by atoms with Crippen LogP contribution in [0.2, 0.25) is 0 Å². The maximum atomic E-state index is 12.8. The van der Waals surface area contributed by atoms with E-state index >= 15 is 0 Å². The van der Waals surface area contributed by atoms with E-state index in [1.807, 2.05) is 49.4 Å². The molecule has 1 unspecified atom stereocenters. The lowest BCUT2D eigenvalue weighted by Crippen LogP contribution is -2.52. The number of carbonyl (C=O) groups is 1. The summed E-state index contributed by atoms with van der Waals surface area (Å²) in [5.74, 6) is 0.842. The van der Waals surface area contributed by atoms with Crippen molar-refractivity contribution in [1.29, 1.82) is 0 Å². The SMILES string of the molecule is Cc1ccccc1-c1nnc(-c2ccc(C(=O)NCC(C)N3CCN(c4ccccc4)CC3)cc2)o1. The molecule has 7 heteroatoms. The van der Waals surface area contributed by atoms with Crippen molar-refractivity contribution in [3.8, 4) is 22.9 Å². The van der Waals surface area contributed by atoms with E-state index in [-0.39, 0.29) is 11.9 Å². The van der Waals surface area contributed by atoms with E-state index in [0.717, 1.165) is 42.9 Å². The minimum atomic E-state index is -0.0811. The van der Waals surface area contributed by atoms with Crippen LogP contribution in [0.3, 0.4) is 0 Å². The molecule has 1 aliphatic rings. The predicted molar refractivity (Wildman–Crippen MR) is 142 cm³/mol. The number of rotatable bonds is 7. The Hall–Kier alpha value is -3.97. The maximum Gasteiger partial charge on any atom is 0.251 e. The van der Waals surface area contributed by atoms with E-state index in [4.69, 9.17) is 4.42 Å². The van der Waals surface area contributed by atoms with E-state index in [0.29, 0.717) is 23.9 Å². The number of piperazine rings is 1. The number of hydrogen-bond acceptors (Lipinski definition) is 6. The second-order valence-electron chi connectivity index (χ2n) is 9.22. The molecule has 5 rings (SSSR count). The number of aryl methyl sites for hydroxylation is 1. The van der Waals surface area contributed by atoms with Crippen molar-refractivity contribution < 1.29 is 9.21 Å². The Balaban J connectivity index is 1.13. The van der Waals surface area contributed by atoms with Crippen LogP contribution in [-0.2, 0) is 0 Å². The van der Waals surface area contributed by atoms with Gasteiger partial charge in [0, 0.05) is 61.1 Å². The molecule has 7 nitrogen and oxygen atoms in total. The lowest BCUT2D eigenvalue weighted by molar-refractivity contribution is 0.0934. The first-order chi connectivity index (χ1) is 17.6. The van der Waals surface area contributed by atoms with E-state index < -0.39 is 0 Å². The minimum absolute atomic E-state index is 0.0811. The Morgan fingerprint density at radius 3 is 2.28 bits per heavy atom. The first-order valence-electron chi connectivity index (χ1n) is 12.4. The molecular weight excluding hydrogens is 450 g/mol. The van der Waals surface area contributed by atoms with Crippen molar-refractivity contribution in [2.24, 2.45) is 0 Å². The third-order valence-corrected chi connectivity index (χ3v) is 6.81. The first kappa shape index (κ1) is 23.8. The van der Waals surface area contributed by atoms with Gasteiger partial charge in [0.2, 0.25) is 11.8 Å². The van der Waals surface area contributed by atoms with Crippen molar-refractivity contribution in [3.05, 3.63) is 90.0 Å². The van der Waals surface area contributed by atoms with E-state index in [1.54, 1.807) is 12.1 Å². The topological polar surface area (TPSA) is 74.5 Å². The van der Waals surface area contributed by atoms with Crippen LogP contribution in [0.15, 0.2) is 83.3 Å². The average molecular weight is 482 g/mol. The van der Waals surface area contributed by atoms with Crippen LogP contribution in [-0.4, -0.2) is 59.8 Å². The van der Waals surface area contributed by atoms with Crippen molar-refractivity contribution in [2.75, 3.05) is 37.6 Å². The zero-order chi connectivity index (χ0) is 24.9. The van der Waals surface area contributed by atoms with E-state index in [2.05, 4.69) is 56.5 Å². The fraction of sp³-hybridized carbons (Fsp3) is 0.276. The number of aromatic nitrogens is 2. The van der Waals surface area contributed by atoms with Crippen LogP contribution < -0.4 is 10.2 Å². The number of hydrogen-bond donors (Lipinski definition) is 1. The van der Waals surface area contributed by atoms with Gasteiger partial charge in [-0.3, -0.25) is 9.69 Å². The Kier molecular flexibility index (Phi) is 7.09. The van der Waals surface area contributed by atoms with Gasteiger partial charge in [-0.15, -0.1) is 10.2 Å². The van der Waals surface area contributed by atoms with Crippen LogP contribution in [0, 0.1) is 6.92 Å². The van der Waals surface area contributed by atoms with Gasteiger partial charge in [-0.05, 0) is 61.9 Å². The highest BCUT2D eigenvalue weighted by molar-refractivity contribution is 5.94. The summed E-state index contributed by atoms with van der Waals surface area (Å²) in [4.78, 5) is 17.6. The summed E-state index contributed by atoms with van der Waals surface area (Å²) < 4.78 is 5.89. The molecule has 1 saturated heterocycles. The third kappa shape index (κ3) is 5.31. The van der Waals surface area contributed by atoms with Crippen molar-refractivity contribution >= 4 is 11.6 Å². The lowest BCUT2D eigenvalue weighted by atomic mass is 10.1. The Labute approximate surface area is 211 Å². The molecule has 0 aliphatic carbocycles. The molecule has 2 heterocycles. The number of carbonyl (C=O) groups excluding carboxylic acids is 1. The maximum absolute atomic E-state index is 12.8. The number of nitrogens with zero attached hydrogens (tertiary/aromatic N) is 4. The Morgan fingerprint density at radius 2 is 1.56 bits per heavy atom. The van der Waals surface area contributed by atoms with Gasteiger partial charge in [-0.2, -0.15) is 0 Å². The molecule has 184 valence electrons. The summed E-state index contributed by atoms with van der Waals surface area (Å²) >= 11 is 0. The molecule has 1 aromatic heterocycles. The normalized spacial score (nSPS) is 15.0. The summed E-state index contributed by atoms with van der Waals surface area (Å²) in [5.41, 5.74) is 4.66. The number of para-hydroxylation sites is 1. The summed E-state index contributed by atoms with van der Waals surface area (Å²) in [6.45, 7) is 8.73. The molecule has 36 heavy (non-hydrogen) atoms. The number of nitrogens with one attached hydrogen (secondary N) is 1. The van der Waals surface area contributed by atoms with Crippen LogP contribution in [0.25, 0.3) is 22.9 Å². The van der Waals surface area contributed by atoms with Gasteiger partial charge >= 0.3 is 0 Å². The largest absolute Gasteiger partial charge is 0.416 e. The predicted octanol–water partition coefficient (Wildman–Crippen LogP) is 4.65. The highest BCUT2D eigenvalue weighted by atomic mass is 16.4. The number of benzene rings is 3. The van der Waals surface area contributed by atoms with Crippen LogP contribution >= 0.6 is 0 Å². The molecule has 0 spiro atoms. The standard InChI is InChI=1S/C29H31N5O2/c1-21-8-6-7-11-26(21)29-32-31-28(36-29)24-14-12-23(13-15-24)27(35)30-20-22(2)33-16-18-34(19-17-33)25-9-4-3-5-10-25/h3-15,22H,16-20H2,1-2H3,(H,30,35). The quantitative estimate of drug-likeness (QED) is 0.414. The molecule has 0 bridgehead atoms. The zero-order valence-corrected chi connectivity index (χ0v) is 20.7. The monoisotopic (exact) mass is 481 g/mol. The Bertz CT molecular complexity index is 1290. The fourth-order valence-electron chi connectivity index (χ4n) is 4.56. The number of anilines is 1. The molecule has 1 amide bonds. The minimum Gasteiger partial charge on any atom is -0.416 e. The fourth-order valence-corrected chi connectivity index (χ4v) is 4.56. The first-order valence-corrected chi connectivity index (χ1v) is 12.4. The molecule has 0 radical (unpaired) electrons. The zero-order valence-electron chi connectivity index (χ0n) is 20.7. The van der Waals surface area contributed by atoms with E-state index in [1.165, 1.54) is 5.69 Å². The van der Waals surface area contributed by atoms with Gasteiger partial charge in [0.1, 0.15) is 0 Å². The van der Waals surface area contributed by atoms with Crippen molar-refractivity contribution in [2.45, 2.75) is 19.9 Å². The molecule has 1 fully saturated rings. The van der Waals surface area contributed by atoms with E-state index in [9.17, 15) is 4.79 Å². The second kappa shape index (κ2) is 10.7. The smallest absolute Gasteiger partial charge is 0.251 e. The molecule has 1 aliphatic heterocycles. The lowest BCUT2D eigenvalue weighted by Gasteiger charge is -2.39. The molecule has 4 aromatic rings. The van der Waals surface area contributed by atoms with Crippen LogP contribution in [0.1, 0.15) is 22.8 Å². The van der Waals surface area contributed by atoms with Gasteiger partial charge in [-0.1, -0.05) is 36.4 Å². The van der Waals surface area contributed by atoms with Gasteiger partial charge in [0.05, 0.1) is 0 Å². The summed E-state index contributed by atoms with van der Waals surface area (Å²) in [7, 11) is 0. The summed E-state index contributed by atoms with van der Waals surface area (Å²) in [6.07, 6.45) is 0. The third-order valence-electron chi connectivity index (χ3n) is 6.81. The van der Waals surface area contributed by atoms with Gasteiger partial charge in [-0.25, -0.2) is 0 Å². The van der Waals surface area contributed by atoms with Crippen LogP contribution in [0.4, 0.5) is 5.69 Å². The van der Waals surface area contributed by atoms with Gasteiger partial charge in [0.25, 0.3) is 5.91 Å². The number of amides is 1. The molecule has 3 aromatic carbocycles. The Morgan fingerprint density at radius 1 is 0.889 bits per heavy atom. The molecular formula is C29H31N5O2. The van der Waals surface area contributed by atoms with Gasteiger partial charge in [0.15, 0.2) is 0 Å². The highest BCUT2D eigenvalue weighted by Crippen LogP contribution is 2.26. The highest BCUT2D eigenvalue weighted by Gasteiger charge is 2.22. The molecule has 1 atom stereocenters.